The average Bonchev–Trinajstić information content (AvgIpc) is 2.80. The average molecular weight is 420 g/mol. The van der Waals surface area contributed by atoms with Gasteiger partial charge in [-0.15, -0.1) is 0 Å². The summed E-state index contributed by atoms with van der Waals surface area (Å²) in [5, 5.41) is 8.93. The van der Waals surface area contributed by atoms with Gasteiger partial charge >= 0.3 is 0 Å². The van der Waals surface area contributed by atoms with E-state index < -0.39 is 0 Å². The van der Waals surface area contributed by atoms with Crippen LogP contribution in [0.2, 0.25) is 0 Å². The van der Waals surface area contributed by atoms with Gasteiger partial charge < -0.3 is 10.0 Å². The van der Waals surface area contributed by atoms with Gasteiger partial charge in [0, 0.05) is 38.3 Å². The molecular formula is C27H37N3O. The maximum atomic E-state index is 8.93. The first-order valence-corrected chi connectivity index (χ1v) is 11.9. The Morgan fingerprint density at radius 2 is 1.84 bits per heavy atom. The van der Waals surface area contributed by atoms with Gasteiger partial charge in [0.15, 0.2) is 0 Å². The molecule has 0 unspecified atom stereocenters. The summed E-state index contributed by atoms with van der Waals surface area (Å²) >= 11 is 0. The molecule has 31 heavy (non-hydrogen) atoms. The molecule has 1 aliphatic heterocycles. The lowest BCUT2D eigenvalue weighted by molar-refractivity contribution is 0.242. The SMILES string of the molecule is C=C1CCC(C)(C)c2ccc(-c3cccc(N4CCN(CCCCCO)CC4)n3)cc21. The van der Waals surface area contributed by atoms with Crippen LogP contribution in [0, 0.1) is 0 Å². The molecule has 0 saturated carbocycles. The second kappa shape index (κ2) is 9.54. The van der Waals surface area contributed by atoms with E-state index >= 15 is 0 Å². The Bertz CT molecular complexity index is 912. The third-order valence-corrected chi connectivity index (χ3v) is 7.04. The molecule has 166 valence electrons. The van der Waals surface area contributed by atoms with E-state index in [0.29, 0.717) is 6.61 Å². The van der Waals surface area contributed by atoms with Gasteiger partial charge in [0.2, 0.25) is 0 Å². The second-order valence-corrected chi connectivity index (χ2v) is 9.74. The zero-order valence-corrected chi connectivity index (χ0v) is 19.2. The fourth-order valence-corrected chi connectivity index (χ4v) is 4.90. The van der Waals surface area contributed by atoms with Crippen molar-refractivity contribution in [1.29, 1.82) is 0 Å². The summed E-state index contributed by atoms with van der Waals surface area (Å²) in [5.74, 6) is 1.08. The number of aliphatic hydroxyl groups excluding tert-OH is 1. The van der Waals surface area contributed by atoms with Crippen LogP contribution in [0.5, 0.6) is 0 Å². The topological polar surface area (TPSA) is 39.6 Å². The number of hydrogen-bond donors (Lipinski definition) is 1. The fraction of sp³-hybridized carbons (Fsp3) is 0.519. The largest absolute Gasteiger partial charge is 0.396 e. The summed E-state index contributed by atoms with van der Waals surface area (Å²) < 4.78 is 0. The number of hydrogen-bond acceptors (Lipinski definition) is 4. The molecule has 1 aromatic carbocycles. The first kappa shape index (κ1) is 22.0. The highest BCUT2D eigenvalue weighted by Crippen LogP contribution is 2.42. The number of pyridine rings is 1. The van der Waals surface area contributed by atoms with Crippen LogP contribution in [0.25, 0.3) is 16.8 Å². The zero-order valence-electron chi connectivity index (χ0n) is 19.2. The number of benzene rings is 1. The van der Waals surface area contributed by atoms with Gasteiger partial charge in [0.05, 0.1) is 5.69 Å². The molecular weight excluding hydrogens is 382 g/mol. The standard InChI is InChI=1S/C27H37N3O/c1-21-12-13-27(2,3)24-11-10-22(20-23(21)24)25-8-7-9-26(28-25)30-17-15-29(16-18-30)14-5-4-6-19-31/h7-11,20,31H,1,4-6,12-19H2,2-3H3. The highest BCUT2D eigenvalue weighted by molar-refractivity contribution is 5.75. The van der Waals surface area contributed by atoms with E-state index in [-0.39, 0.29) is 5.41 Å². The van der Waals surface area contributed by atoms with Gasteiger partial charge in [0.25, 0.3) is 0 Å². The van der Waals surface area contributed by atoms with Gasteiger partial charge in [-0.25, -0.2) is 4.98 Å². The highest BCUT2D eigenvalue weighted by Gasteiger charge is 2.29. The maximum Gasteiger partial charge on any atom is 0.129 e. The molecule has 4 nitrogen and oxygen atoms in total. The van der Waals surface area contributed by atoms with Crippen molar-refractivity contribution >= 4 is 11.4 Å². The predicted molar refractivity (Wildman–Crippen MR) is 131 cm³/mol. The predicted octanol–water partition coefficient (Wildman–Crippen LogP) is 5.12. The number of anilines is 1. The Morgan fingerprint density at radius 1 is 1.03 bits per heavy atom. The lowest BCUT2D eigenvalue weighted by Crippen LogP contribution is -2.46. The number of rotatable bonds is 7. The summed E-state index contributed by atoms with van der Waals surface area (Å²) in [6.07, 6.45) is 5.45. The zero-order chi connectivity index (χ0) is 21.8. The summed E-state index contributed by atoms with van der Waals surface area (Å²) in [6, 6.07) is 13.2. The van der Waals surface area contributed by atoms with E-state index in [1.165, 1.54) is 35.1 Å². The number of fused-ring (bicyclic) bond motifs is 1. The number of aliphatic hydroxyl groups is 1. The van der Waals surface area contributed by atoms with E-state index in [1.54, 1.807) is 0 Å². The molecule has 1 saturated heterocycles. The second-order valence-electron chi connectivity index (χ2n) is 9.74. The minimum Gasteiger partial charge on any atom is -0.396 e. The molecule has 4 heteroatoms. The molecule has 0 atom stereocenters. The van der Waals surface area contributed by atoms with Crippen LogP contribution in [-0.4, -0.2) is 54.3 Å². The molecule has 1 fully saturated rings. The van der Waals surface area contributed by atoms with Crippen molar-refractivity contribution in [2.45, 2.75) is 51.4 Å². The molecule has 0 radical (unpaired) electrons. The lowest BCUT2D eigenvalue weighted by Gasteiger charge is -2.35. The summed E-state index contributed by atoms with van der Waals surface area (Å²) in [7, 11) is 0. The van der Waals surface area contributed by atoms with Crippen LogP contribution < -0.4 is 4.90 Å². The molecule has 2 aromatic rings. The smallest absolute Gasteiger partial charge is 0.129 e. The van der Waals surface area contributed by atoms with Crippen LogP contribution in [0.15, 0.2) is 43.0 Å². The van der Waals surface area contributed by atoms with E-state index in [0.717, 1.165) is 63.5 Å². The Labute approximate surface area is 187 Å². The monoisotopic (exact) mass is 419 g/mol. The number of aromatic nitrogens is 1. The molecule has 0 bridgehead atoms. The lowest BCUT2D eigenvalue weighted by atomic mass is 9.71. The van der Waals surface area contributed by atoms with Gasteiger partial charge in [0.1, 0.15) is 5.82 Å². The highest BCUT2D eigenvalue weighted by atomic mass is 16.2. The normalized spacial score (nSPS) is 18.8. The Kier molecular flexibility index (Phi) is 6.78. The number of unbranched alkanes of at least 4 members (excludes halogenated alkanes) is 2. The van der Waals surface area contributed by atoms with E-state index in [1.807, 2.05) is 0 Å². The van der Waals surface area contributed by atoms with Crippen molar-refractivity contribution in [3.05, 3.63) is 54.1 Å². The van der Waals surface area contributed by atoms with E-state index in [2.05, 4.69) is 66.6 Å². The summed E-state index contributed by atoms with van der Waals surface area (Å²) in [4.78, 5) is 9.99. The minimum absolute atomic E-state index is 0.210. The molecule has 4 rings (SSSR count). The third-order valence-electron chi connectivity index (χ3n) is 7.04. The van der Waals surface area contributed by atoms with Crippen molar-refractivity contribution in [1.82, 2.24) is 9.88 Å². The molecule has 0 amide bonds. The third kappa shape index (κ3) is 5.02. The summed E-state index contributed by atoms with van der Waals surface area (Å²) in [5.41, 5.74) is 6.42. The molecule has 2 aliphatic rings. The molecule has 1 aliphatic carbocycles. The first-order chi connectivity index (χ1) is 15.0. The maximum absolute atomic E-state index is 8.93. The molecule has 1 aromatic heterocycles. The van der Waals surface area contributed by atoms with Crippen LogP contribution in [-0.2, 0) is 5.41 Å². The summed E-state index contributed by atoms with van der Waals surface area (Å²) in [6.45, 7) is 14.7. The molecule has 1 N–H and O–H groups in total. The number of piperazine rings is 1. The Hall–Kier alpha value is -2.17. The van der Waals surface area contributed by atoms with Crippen molar-refractivity contribution in [2.24, 2.45) is 0 Å². The van der Waals surface area contributed by atoms with Crippen LogP contribution in [0.1, 0.15) is 57.1 Å². The Morgan fingerprint density at radius 3 is 2.61 bits per heavy atom. The van der Waals surface area contributed by atoms with E-state index in [9.17, 15) is 0 Å². The molecule has 2 heterocycles. The number of allylic oxidation sites excluding steroid dienone is 1. The van der Waals surface area contributed by atoms with Crippen LogP contribution in [0.3, 0.4) is 0 Å². The van der Waals surface area contributed by atoms with E-state index in [4.69, 9.17) is 10.1 Å². The Balaban J connectivity index is 1.45. The van der Waals surface area contributed by atoms with Crippen LogP contribution in [0.4, 0.5) is 5.82 Å². The minimum atomic E-state index is 0.210. The van der Waals surface area contributed by atoms with Gasteiger partial charge in [-0.1, -0.05) is 38.6 Å². The quantitative estimate of drug-likeness (QED) is 0.633. The van der Waals surface area contributed by atoms with Crippen molar-refractivity contribution in [3.8, 4) is 11.3 Å². The fourth-order valence-electron chi connectivity index (χ4n) is 4.90. The van der Waals surface area contributed by atoms with Crippen molar-refractivity contribution in [2.75, 3.05) is 44.2 Å². The van der Waals surface area contributed by atoms with Crippen LogP contribution >= 0.6 is 0 Å². The first-order valence-electron chi connectivity index (χ1n) is 11.9. The van der Waals surface area contributed by atoms with Gasteiger partial charge in [-0.3, -0.25) is 4.90 Å². The van der Waals surface area contributed by atoms with Gasteiger partial charge in [-0.2, -0.15) is 0 Å². The number of nitrogens with zero attached hydrogens (tertiary/aromatic N) is 3. The van der Waals surface area contributed by atoms with Crippen molar-refractivity contribution < 1.29 is 5.11 Å². The van der Waals surface area contributed by atoms with Gasteiger partial charge in [-0.05, 0) is 79.0 Å². The van der Waals surface area contributed by atoms with Crippen molar-refractivity contribution in [3.63, 3.8) is 0 Å². The molecule has 0 spiro atoms.